The molecule has 1 aromatic carbocycles. The summed E-state index contributed by atoms with van der Waals surface area (Å²) in [5.41, 5.74) is 0. The van der Waals surface area contributed by atoms with Crippen molar-refractivity contribution in [3.05, 3.63) is 18.2 Å². The van der Waals surface area contributed by atoms with Gasteiger partial charge in [-0.15, -0.1) is 0 Å². The number of nitrogens with zero attached hydrogens (tertiary/aromatic N) is 1. The van der Waals surface area contributed by atoms with E-state index in [0.717, 1.165) is 19.6 Å². The van der Waals surface area contributed by atoms with Crippen LogP contribution in [0.1, 0.15) is 6.92 Å². The lowest BCUT2D eigenvalue weighted by molar-refractivity contribution is -0.901. The molecule has 1 aromatic rings. The molecule has 0 spiro atoms. The molecular weight excluding hydrogens is 292 g/mol. The molecule has 7 heteroatoms. The quantitative estimate of drug-likeness (QED) is 0.807. The molecule has 0 aromatic heterocycles. The van der Waals surface area contributed by atoms with Crippen LogP contribution in [0.4, 0.5) is 0 Å². The van der Waals surface area contributed by atoms with Gasteiger partial charge in [0.15, 0.2) is 11.5 Å². The van der Waals surface area contributed by atoms with Crippen molar-refractivity contribution in [1.29, 1.82) is 0 Å². The average Bonchev–Trinajstić information content (AvgIpc) is 2.54. The predicted octanol–water partition coefficient (Wildman–Crippen LogP) is -0.633. The van der Waals surface area contributed by atoms with Crippen molar-refractivity contribution in [3.63, 3.8) is 0 Å². The summed E-state index contributed by atoms with van der Waals surface area (Å²) < 4.78 is 37.8. The van der Waals surface area contributed by atoms with Gasteiger partial charge in [0.25, 0.3) is 0 Å². The third kappa shape index (κ3) is 2.86. The molecule has 1 fully saturated rings. The molecular formula is C14H21N2O4S+. The highest BCUT2D eigenvalue weighted by molar-refractivity contribution is 7.89. The number of ether oxygens (including phenoxy) is 2. The minimum absolute atomic E-state index is 0.284. The maximum absolute atomic E-state index is 12.7. The van der Waals surface area contributed by atoms with E-state index in [0.29, 0.717) is 37.8 Å². The lowest BCUT2D eigenvalue weighted by Gasteiger charge is -2.31. The van der Waals surface area contributed by atoms with Gasteiger partial charge in [0.05, 0.1) is 37.6 Å². The number of nitrogens with one attached hydrogen (secondary N) is 1. The summed E-state index contributed by atoms with van der Waals surface area (Å²) in [6.07, 6.45) is 0. The van der Waals surface area contributed by atoms with Crippen molar-refractivity contribution < 1.29 is 22.8 Å². The number of hydrogen-bond acceptors (Lipinski definition) is 4. The number of piperazine rings is 1. The zero-order valence-corrected chi connectivity index (χ0v) is 13.0. The van der Waals surface area contributed by atoms with Crippen molar-refractivity contribution in [2.24, 2.45) is 0 Å². The van der Waals surface area contributed by atoms with Gasteiger partial charge < -0.3 is 14.4 Å². The van der Waals surface area contributed by atoms with Crippen LogP contribution >= 0.6 is 0 Å². The Kier molecular flexibility index (Phi) is 4.05. The van der Waals surface area contributed by atoms with Crippen molar-refractivity contribution >= 4 is 10.0 Å². The van der Waals surface area contributed by atoms with E-state index in [-0.39, 0.29) is 4.90 Å². The van der Waals surface area contributed by atoms with Crippen LogP contribution in [-0.2, 0) is 10.0 Å². The minimum Gasteiger partial charge on any atom is -0.486 e. The highest BCUT2D eigenvalue weighted by atomic mass is 32.2. The summed E-state index contributed by atoms with van der Waals surface area (Å²) in [7, 11) is -3.44. The molecule has 2 heterocycles. The summed E-state index contributed by atoms with van der Waals surface area (Å²) in [5.74, 6) is 1.13. The van der Waals surface area contributed by atoms with Gasteiger partial charge in [-0.3, -0.25) is 0 Å². The Balaban J connectivity index is 1.82. The number of quaternary nitrogens is 1. The van der Waals surface area contributed by atoms with E-state index in [1.165, 1.54) is 4.90 Å². The molecule has 0 radical (unpaired) electrons. The highest BCUT2D eigenvalue weighted by Crippen LogP contribution is 2.33. The second-order valence-electron chi connectivity index (χ2n) is 5.31. The molecule has 2 aliphatic rings. The molecule has 1 N–H and O–H groups in total. The molecule has 0 amide bonds. The first kappa shape index (κ1) is 14.6. The summed E-state index contributed by atoms with van der Waals surface area (Å²) in [6, 6.07) is 4.85. The van der Waals surface area contributed by atoms with Crippen LogP contribution in [0.3, 0.4) is 0 Å². The summed E-state index contributed by atoms with van der Waals surface area (Å²) in [5, 5.41) is 0. The molecule has 6 nitrogen and oxygen atoms in total. The Labute approximate surface area is 125 Å². The number of rotatable bonds is 3. The lowest BCUT2D eigenvalue weighted by Crippen LogP contribution is -3.14. The third-order valence-electron chi connectivity index (χ3n) is 4.08. The molecule has 0 atom stereocenters. The van der Waals surface area contributed by atoms with Crippen LogP contribution in [0.15, 0.2) is 23.1 Å². The second kappa shape index (κ2) is 5.82. The number of likely N-dealkylation sites (N-methyl/N-ethyl adjacent to an activating group) is 1. The summed E-state index contributed by atoms with van der Waals surface area (Å²) in [4.78, 5) is 1.73. The monoisotopic (exact) mass is 313 g/mol. The topological polar surface area (TPSA) is 60.3 Å². The van der Waals surface area contributed by atoms with Gasteiger partial charge in [-0.1, -0.05) is 0 Å². The first-order chi connectivity index (χ1) is 10.1. The van der Waals surface area contributed by atoms with Gasteiger partial charge in [0.2, 0.25) is 10.0 Å². The summed E-state index contributed by atoms with van der Waals surface area (Å²) in [6.45, 7) is 6.98. The van der Waals surface area contributed by atoms with Gasteiger partial charge in [0.1, 0.15) is 13.2 Å². The zero-order valence-electron chi connectivity index (χ0n) is 12.2. The van der Waals surface area contributed by atoms with Crippen molar-refractivity contribution in [3.8, 4) is 11.5 Å². The Morgan fingerprint density at radius 1 is 1.14 bits per heavy atom. The molecule has 3 rings (SSSR count). The standard InChI is InChI=1S/C14H20N2O4S/c1-2-15-5-7-16(8-6-15)21(17,18)12-3-4-13-14(11-12)20-10-9-19-13/h3-4,11H,2,5-10H2,1H3/p+1. The number of hydrogen-bond donors (Lipinski definition) is 1. The smallest absolute Gasteiger partial charge is 0.243 e. The van der Waals surface area contributed by atoms with E-state index in [2.05, 4.69) is 6.92 Å². The fraction of sp³-hybridized carbons (Fsp3) is 0.571. The maximum atomic E-state index is 12.7. The first-order valence-corrected chi connectivity index (χ1v) is 8.78. The molecule has 2 aliphatic heterocycles. The van der Waals surface area contributed by atoms with Gasteiger partial charge in [-0.05, 0) is 19.1 Å². The number of benzene rings is 1. The minimum atomic E-state index is -3.44. The fourth-order valence-electron chi connectivity index (χ4n) is 2.73. The predicted molar refractivity (Wildman–Crippen MR) is 77.4 cm³/mol. The van der Waals surface area contributed by atoms with Gasteiger partial charge in [-0.2, -0.15) is 4.31 Å². The SMILES string of the molecule is CC[NH+]1CCN(S(=O)(=O)c2ccc3c(c2)OCCO3)CC1. The van der Waals surface area contributed by atoms with Crippen LogP contribution in [0, 0.1) is 0 Å². The molecule has 0 unspecified atom stereocenters. The van der Waals surface area contributed by atoms with Gasteiger partial charge in [-0.25, -0.2) is 8.42 Å². The third-order valence-corrected chi connectivity index (χ3v) is 5.98. The van der Waals surface area contributed by atoms with Gasteiger partial charge in [0, 0.05) is 6.07 Å². The van der Waals surface area contributed by atoms with E-state index >= 15 is 0 Å². The highest BCUT2D eigenvalue weighted by Gasteiger charge is 2.30. The van der Waals surface area contributed by atoms with Crippen LogP contribution < -0.4 is 14.4 Å². The average molecular weight is 313 g/mol. The molecule has 21 heavy (non-hydrogen) atoms. The fourth-order valence-corrected chi connectivity index (χ4v) is 4.19. The Bertz CT molecular complexity index is 609. The molecule has 0 bridgehead atoms. The van der Waals surface area contributed by atoms with E-state index in [9.17, 15) is 8.42 Å². The summed E-state index contributed by atoms with van der Waals surface area (Å²) >= 11 is 0. The van der Waals surface area contributed by atoms with E-state index in [1.54, 1.807) is 22.5 Å². The maximum Gasteiger partial charge on any atom is 0.243 e. The van der Waals surface area contributed by atoms with E-state index < -0.39 is 10.0 Å². The van der Waals surface area contributed by atoms with Crippen LogP contribution in [0.5, 0.6) is 11.5 Å². The largest absolute Gasteiger partial charge is 0.486 e. The zero-order chi connectivity index (χ0) is 14.9. The molecule has 116 valence electrons. The van der Waals surface area contributed by atoms with Crippen molar-refractivity contribution in [1.82, 2.24) is 4.31 Å². The Morgan fingerprint density at radius 3 is 2.48 bits per heavy atom. The van der Waals surface area contributed by atoms with Crippen LogP contribution in [0.2, 0.25) is 0 Å². The second-order valence-corrected chi connectivity index (χ2v) is 7.25. The number of sulfonamides is 1. The molecule has 0 saturated carbocycles. The van der Waals surface area contributed by atoms with Gasteiger partial charge >= 0.3 is 0 Å². The molecule has 0 aliphatic carbocycles. The number of fused-ring (bicyclic) bond motifs is 1. The normalized spacial score (nSPS) is 20.4. The molecule has 1 saturated heterocycles. The first-order valence-electron chi connectivity index (χ1n) is 7.34. The lowest BCUT2D eigenvalue weighted by atomic mass is 10.3. The van der Waals surface area contributed by atoms with Crippen LogP contribution in [-0.4, -0.2) is 58.7 Å². The Hall–Kier alpha value is -1.31. The Morgan fingerprint density at radius 2 is 1.81 bits per heavy atom. The van der Waals surface area contributed by atoms with Crippen molar-refractivity contribution in [2.75, 3.05) is 45.9 Å². The van der Waals surface area contributed by atoms with Crippen LogP contribution in [0.25, 0.3) is 0 Å². The van der Waals surface area contributed by atoms with E-state index in [1.807, 2.05) is 0 Å². The van der Waals surface area contributed by atoms with Crippen molar-refractivity contribution in [2.45, 2.75) is 11.8 Å². The van der Waals surface area contributed by atoms with E-state index in [4.69, 9.17) is 9.47 Å².